The molecule has 1 atom stereocenters. The van der Waals surface area contributed by atoms with Gasteiger partial charge in [0.15, 0.2) is 0 Å². The normalized spacial score (nSPS) is 22.4. The number of likely N-dealkylation sites (tertiary alicyclic amines) is 1. The van der Waals surface area contributed by atoms with Crippen LogP contribution < -0.4 is 0 Å². The Bertz CT molecular complexity index is 553. The van der Waals surface area contributed by atoms with Crippen LogP contribution in [0.15, 0.2) is 30.3 Å². The van der Waals surface area contributed by atoms with Crippen molar-refractivity contribution in [3.05, 3.63) is 35.9 Å². The average molecular weight is 315 g/mol. The molecule has 0 aromatic heterocycles. The smallest absolute Gasteiger partial charge is 0.227 e. The van der Waals surface area contributed by atoms with E-state index in [0.717, 1.165) is 26.1 Å². The van der Waals surface area contributed by atoms with Crippen molar-refractivity contribution < 1.29 is 9.59 Å². The molecular weight excluding hydrogens is 290 g/mol. The lowest BCUT2D eigenvalue weighted by Gasteiger charge is -2.35. The summed E-state index contributed by atoms with van der Waals surface area (Å²) in [5, 5.41) is 0. The number of carbonyl (C=O) groups excluding carboxylic acids is 2. The summed E-state index contributed by atoms with van der Waals surface area (Å²) in [6.45, 7) is 7.03. The quantitative estimate of drug-likeness (QED) is 0.842. The monoisotopic (exact) mass is 315 g/mol. The minimum Gasteiger partial charge on any atom is -0.339 e. The molecule has 3 rings (SSSR count). The topological polar surface area (TPSA) is 43.9 Å². The Balaban J connectivity index is 1.49. The summed E-state index contributed by atoms with van der Waals surface area (Å²) in [6, 6.07) is 10.4. The van der Waals surface area contributed by atoms with E-state index in [1.807, 2.05) is 15.9 Å². The second-order valence-corrected chi connectivity index (χ2v) is 6.54. The van der Waals surface area contributed by atoms with Crippen molar-refractivity contribution in [3.8, 4) is 0 Å². The van der Waals surface area contributed by atoms with Gasteiger partial charge < -0.3 is 9.80 Å². The summed E-state index contributed by atoms with van der Waals surface area (Å²) >= 11 is 0. The van der Waals surface area contributed by atoms with Crippen molar-refractivity contribution in [1.82, 2.24) is 14.7 Å². The van der Waals surface area contributed by atoms with Gasteiger partial charge in [-0.05, 0) is 18.5 Å². The van der Waals surface area contributed by atoms with Gasteiger partial charge in [0.2, 0.25) is 11.8 Å². The third-order valence-electron chi connectivity index (χ3n) is 4.91. The van der Waals surface area contributed by atoms with E-state index in [2.05, 4.69) is 29.2 Å². The van der Waals surface area contributed by atoms with Gasteiger partial charge in [-0.2, -0.15) is 0 Å². The molecule has 124 valence electrons. The Morgan fingerprint density at radius 1 is 1.00 bits per heavy atom. The zero-order valence-electron chi connectivity index (χ0n) is 13.8. The average Bonchev–Trinajstić information content (AvgIpc) is 3.03. The molecule has 23 heavy (non-hydrogen) atoms. The Hall–Kier alpha value is -1.88. The third kappa shape index (κ3) is 3.91. The highest BCUT2D eigenvalue weighted by molar-refractivity contribution is 5.80. The van der Waals surface area contributed by atoms with Crippen LogP contribution in [0.4, 0.5) is 0 Å². The van der Waals surface area contributed by atoms with Crippen molar-refractivity contribution in [2.45, 2.75) is 19.9 Å². The second-order valence-electron chi connectivity index (χ2n) is 6.54. The molecule has 1 aromatic rings. The summed E-state index contributed by atoms with van der Waals surface area (Å²) in [6.07, 6.45) is 0.943. The molecule has 0 aliphatic carbocycles. The summed E-state index contributed by atoms with van der Waals surface area (Å²) in [5.41, 5.74) is 1.30. The van der Waals surface area contributed by atoms with E-state index in [1.165, 1.54) is 5.56 Å². The van der Waals surface area contributed by atoms with Gasteiger partial charge in [0.25, 0.3) is 0 Å². The molecule has 0 radical (unpaired) electrons. The second kappa shape index (κ2) is 7.13. The van der Waals surface area contributed by atoms with Crippen LogP contribution in [0.1, 0.15) is 18.9 Å². The van der Waals surface area contributed by atoms with Gasteiger partial charge in [0, 0.05) is 46.2 Å². The Morgan fingerprint density at radius 2 is 1.65 bits per heavy atom. The number of hydrogen-bond donors (Lipinski definition) is 0. The summed E-state index contributed by atoms with van der Waals surface area (Å²) in [4.78, 5) is 30.2. The maximum Gasteiger partial charge on any atom is 0.227 e. The molecule has 5 nitrogen and oxygen atoms in total. The maximum absolute atomic E-state index is 12.7. The number of benzene rings is 1. The first-order valence-corrected chi connectivity index (χ1v) is 8.44. The predicted octanol–water partition coefficient (Wildman–Crippen LogP) is 1.20. The molecule has 2 aliphatic heterocycles. The molecular formula is C18H25N3O2. The van der Waals surface area contributed by atoms with E-state index < -0.39 is 0 Å². The van der Waals surface area contributed by atoms with E-state index in [9.17, 15) is 9.59 Å². The van der Waals surface area contributed by atoms with Gasteiger partial charge in [-0.3, -0.25) is 14.5 Å². The minimum absolute atomic E-state index is 0.104. The zero-order chi connectivity index (χ0) is 16.2. The molecule has 0 saturated carbocycles. The van der Waals surface area contributed by atoms with Crippen LogP contribution in [-0.4, -0.2) is 65.8 Å². The highest BCUT2D eigenvalue weighted by Crippen LogP contribution is 2.21. The van der Waals surface area contributed by atoms with Crippen LogP contribution in [-0.2, 0) is 16.1 Å². The van der Waals surface area contributed by atoms with Crippen LogP contribution >= 0.6 is 0 Å². The lowest BCUT2D eigenvalue weighted by molar-refractivity contribution is -0.141. The Labute approximate surface area is 137 Å². The van der Waals surface area contributed by atoms with Gasteiger partial charge in [-0.1, -0.05) is 30.3 Å². The largest absolute Gasteiger partial charge is 0.339 e. The Kier molecular flexibility index (Phi) is 4.96. The molecule has 0 spiro atoms. The van der Waals surface area contributed by atoms with Crippen molar-refractivity contribution in [3.63, 3.8) is 0 Å². The fraction of sp³-hybridized carbons (Fsp3) is 0.556. The minimum atomic E-state index is 0.104. The van der Waals surface area contributed by atoms with Crippen LogP contribution in [0.25, 0.3) is 0 Å². The first kappa shape index (κ1) is 16.0. The van der Waals surface area contributed by atoms with E-state index >= 15 is 0 Å². The summed E-state index contributed by atoms with van der Waals surface area (Å²) in [7, 11) is 0. The van der Waals surface area contributed by atoms with Gasteiger partial charge in [-0.15, -0.1) is 0 Å². The van der Waals surface area contributed by atoms with Crippen LogP contribution in [0, 0.1) is 5.92 Å². The molecule has 5 heteroatoms. The molecule has 1 unspecified atom stereocenters. The van der Waals surface area contributed by atoms with Gasteiger partial charge in [0.1, 0.15) is 0 Å². The van der Waals surface area contributed by atoms with Crippen molar-refractivity contribution >= 4 is 11.8 Å². The first-order valence-electron chi connectivity index (χ1n) is 8.44. The van der Waals surface area contributed by atoms with E-state index in [-0.39, 0.29) is 17.7 Å². The zero-order valence-corrected chi connectivity index (χ0v) is 13.8. The van der Waals surface area contributed by atoms with Crippen LogP contribution in [0.2, 0.25) is 0 Å². The molecule has 2 amide bonds. The van der Waals surface area contributed by atoms with E-state index in [1.54, 1.807) is 6.92 Å². The molecule has 2 saturated heterocycles. The number of amides is 2. The molecule has 2 aliphatic rings. The standard InChI is InChI=1S/C18H25N3O2/c1-15(22)20-9-11-21(12-10-20)18(23)17-7-8-19(14-17)13-16-5-3-2-4-6-16/h2-6,17H,7-14H2,1H3. The number of carbonyl (C=O) groups is 2. The highest BCUT2D eigenvalue weighted by atomic mass is 16.2. The Morgan fingerprint density at radius 3 is 2.30 bits per heavy atom. The van der Waals surface area contributed by atoms with Crippen molar-refractivity contribution in [2.75, 3.05) is 39.3 Å². The van der Waals surface area contributed by atoms with Gasteiger partial charge in [-0.25, -0.2) is 0 Å². The molecule has 0 N–H and O–H groups in total. The van der Waals surface area contributed by atoms with Crippen molar-refractivity contribution in [1.29, 1.82) is 0 Å². The molecule has 1 aromatic carbocycles. The van der Waals surface area contributed by atoms with Crippen LogP contribution in [0.5, 0.6) is 0 Å². The molecule has 0 bridgehead atoms. The highest BCUT2D eigenvalue weighted by Gasteiger charge is 2.32. The fourth-order valence-corrected chi connectivity index (χ4v) is 3.52. The lowest BCUT2D eigenvalue weighted by Crippen LogP contribution is -2.51. The van der Waals surface area contributed by atoms with Crippen LogP contribution in [0.3, 0.4) is 0 Å². The first-order chi connectivity index (χ1) is 11.1. The third-order valence-corrected chi connectivity index (χ3v) is 4.91. The fourth-order valence-electron chi connectivity index (χ4n) is 3.52. The number of nitrogens with zero attached hydrogens (tertiary/aromatic N) is 3. The SMILES string of the molecule is CC(=O)N1CCN(C(=O)C2CCN(Cc3ccccc3)C2)CC1. The molecule has 2 fully saturated rings. The van der Waals surface area contributed by atoms with Crippen molar-refractivity contribution in [2.24, 2.45) is 5.92 Å². The summed E-state index contributed by atoms with van der Waals surface area (Å²) < 4.78 is 0. The van der Waals surface area contributed by atoms with E-state index in [4.69, 9.17) is 0 Å². The number of hydrogen-bond acceptors (Lipinski definition) is 3. The predicted molar refractivity (Wildman–Crippen MR) is 88.7 cm³/mol. The van der Waals surface area contributed by atoms with E-state index in [0.29, 0.717) is 26.2 Å². The van der Waals surface area contributed by atoms with Gasteiger partial charge in [0.05, 0.1) is 5.92 Å². The summed E-state index contributed by atoms with van der Waals surface area (Å²) in [5.74, 6) is 0.485. The lowest BCUT2D eigenvalue weighted by atomic mass is 10.1. The molecule has 2 heterocycles. The number of rotatable bonds is 3. The number of piperazine rings is 1. The van der Waals surface area contributed by atoms with Gasteiger partial charge >= 0.3 is 0 Å². The maximum atomic E-state index is 12.7.